The van der Waals surface area contributed by atoms with E-state index in [2.05, 4.69) is 5.32 Å². The van der Waals surface area contributed by atoms with Crippen molar-refractivity contribution in [2.75, 3.05) is 29.1 Å². The first-order chi connectivity index (χ1) is 8.70. The van der Waals surface area contributed by atoms with Gasteiger partial charge in [-0.2, -0.15) is 28.8 Å². The minimum atomic E-state index is -0.708. The number of thioether (sulfide) groups is 2. The lowest BCUT2D eigenvalue weighted by molar-refractivity contribution is 0.587. The zero-order valence-electron chi connectivity index (χ0n) is 9.58. The molecule has 1 N–H and O–H groups in total. The lowest BCUT2D eigenvalue weighted by Gasteiger charge is -2.21. The fourth-order valence-corrected chi connectivity index (χ4v) is 4.29. The summed E-state index contributed by atoms with van der Waals surface area (Å²) in [5.41, 5.74) is -0.136. The van der Waals surface area contributed by atoms with Crippen molar-refractivity contribution < 1.29 is 8.78 Å². The Kier molecular flexibility index (Phi) is 4.72. The molecule has 0 saturated carbocycles. The van der Waals surface area contributed by atoms with Gasteiger partial charge in [-0.15, -0.1) is 0 Å². The Morgan fingerprint density at radius 1 is 1.33 bits per heavy atom. The van der Waals surface area contributed by atoms with Crippen LogP contribution < -0.4 is 5.32 Å². The molecule has 1 aromatic carbocycles. The Balaban J connectivity index is 2.02. The summed E-state index contributed by atoms with van der Waals surface area (Å²) in [7, 11) is 0. The van der Waals surface area contributed by atoms with Gasteiger partial charge in [-0.1, -0.05) is 0 Å². The van der Waals surface area contributed by atoms with Crippen LogP contribution in [0.3, 0.4) is 0 Å². The first kappa shape index (κ1) is 13.5. The second kappa shape index (κ2) is 6.30. The fraction of sp³-hybridized carbons (Fsp3) is 0.417. The molecule has 1 aliphatic heterocycles. The van der Waals surface area contributed by atoms with E-state index in [4.69, 9.17) is 5.26 Å². The van der Waals surface area contributed by atoms with Gasteiger partial charge in [-0.3, -0.25) is 0 Å². The molecule has 1 heterocycles. The number of nitriles is 1. The normalized spacial score (nSPS) is 19.3. The van der Waals surface area contributed by atoms with E-state index in [9.17, 15) is 8.78 Å². The molecular weight excluding hydrogens is 274 g/mol. The minimum absolute atomic E-state index is 0.00172. The summed E-state index contributed by atoms with van der Waals surface area (Å²) in [5, 5.41) is 11.8. The molecule has 6 heteroatoms. The van der Waals surface area contributed by atoms with E-state index < -0.39 is 11.6 Å². The molecule has 0 radical (unpaired) electrons. The van der Waals surface area contributed by atoms with Crippen LogP contribution in [-0.4, -0.2) is 29.1 Å². The molecule has 1 saturated heterocycles. The highest BCUT2D eigenvalue weighted by atomic mass is 32.2. The van der Waals surface area contributed by atoms with Gasteiger partial charge in [-0.05, 0) is 12.1 Å². The van der Waals surface area contributed by atoms with Crippen LogP contribution in [0.5, 0.6) is 0 Å². The van der Waals surface area contributed by atoms with Crippen molar-refractivity contribution in [3.63, 3.8) is 0 Å². The van der Waals surface area contributed by atoms with Gasteiger partial charge >= 0.3 is 0 Å². The van der Waals surface area contributed by atoms with Crippen LogP contribution in [0.15, 0.2) is 12.1 Å². The quantitative estimate of drug-likeness (QED) is 0.926. The SMILES string of the molecule is N#Cc1cc(F)c(NCC2CSCCS2)c(F)c1. The topological polar surface area (TPSA) is 35.8 Å². The second-order valence-corrected chi connectivity index (χ2v) is 6.43. The molecule has 1 unspecified atom stereocenters. The number of hydrogen-bond donors (Lipinski definition) is 1. The summed E-state index contributed by atoms with van der Waals surface area (Å²) in [6.07, 6.45) is 0. The molecule has 0 aromatic heterocycles. The van der Waals surface area contributed by atoms with Crippen LogP contribution in [0.25, 0.3) is 0 Å². The van der Waals surface area contributed by atoms with Crippen LogP contribution >= 0.6 is 23.5 Å². The van der Waals surface area contributed by atoms with E-state index in [0.717, 1.165) is 29.4 Å². The number of nitrogens with zero attached hydrogens (tertiary/aromatic N) is 1. The van der Waals surface area contributed by atoms with Crippen molar-refractivity contribution >= 4 is 29.2 Å². The average Bonchev–Trinajstić information content (AvgIpc) is 2.38. The first-order valence-electron chi connectivity index (χ1n) is 5.53. The number of halogens is 2. The number of anilines is 1. The van der Waals surface area contributed by atoms with Gasteiger partial charge in [0.2, 0.25) is 0 Å². The third-order valence-electron chi connectivity index (χ3n) is 2.56. The highest BCUT2D eigenvalue weighted by molar-refractivity contribution is 8.06. The van der Waals surface area contributed by atoms with Gasteiger partial charge < -0.3 is 5.32 Å². The molecule has 1 aliphatic rings. The lowest BCUT2D eigenvalue weighted by Crippen LogP contribution is -2.24. The lowest BCUT2D eigenvalue weighted by atomic mass is 10.2. The first-order valence-corrected chi connectivity index (χ1v) is 7.73. The summed E-state index contributed by atoms with van der Waals surface area (Å²) < 4.78 is 27.2. The molecular formula is C12H12F2N2S2. The van der Waals surface area contributed by atoms with Crippen LogP contribution in [0, 0.1) is 23.0 Å². The molecule has 0 spiro atoms. The van der Waals surface area contributed by atoms with Gasteiger partial charge in [0.15, 0.2) is 11.6 Å². The molecule has 0 amide bonds. The third-order valence-corrected chi connectivity index (χ3v) is 5.41. The standard InChI is InChI=1S/C12H12F2N2S2/c13-10-3-8(5-15)4-11(14)12(10)16-6-9-7-17-1-2-18-9/h3-4,9,16H,1-2,6-7H2. The number of hydrogen-bond acceptors (Lipinski definition) is 4. The molecule has 18 heavy (non-hydrogen) atoms. The highest BCUT2D eigenvalue weighted by Gasteiger charge is 2.16. The summed E-state index contributed by atoms with van der Waals surface area (Å²) in [4.78, 5) is 0. The predicted octanol–water partition coefficient (Wildman–Crippen LogP) is 3.10. The van der Waals surface area contributed by atoms with Gasteiger partial charge in [-0.25, -0.2) is 8.78 Å². The number of benzene rings is 1. The van der Waals surface area contributed by atoms with E-state index in [0.29, 0.717) is 11.8 Å². The number of nitrogens with one attached hydrogen (secondary N) is 1. The van der Waals surface area contributed by atoms with Gasteiger partial charge in [0, 0.05) is 29.1 Å². The minimum Gasteiger partial charge on any atom is -0.379 e. The number of rotatable bonds is 3. The van der Waals surface area contributed by atoms with E-state index in [1.165, 1.54) is 0 Å². The van der Waals surface area contributed by atoms with Crippen LogP contribution in [-0.2, 0) is 0 Å². The molecule has 0 bridgehead atoms. The maximum absolute atomic E-state index is 13.6. The Hall–Kier alpha value is -0.930. The van der Waals surface area contributed by atoms with Crippen LogP contribution in [0.1, 0.15) is 5.56 Å². The molecule has 0 aliphatic carbocycles. The van der Waals surface area contributed by atoms with Crippen molar-refractivity contribution in [1.29, 1.82) is 5.26 Å². The maximum atomic E-state index is 13.6. The summed E-state index contributed by atoms with van der Waals surface area (Å²) in [6, 6.07) is 3.83. The summed E-state index contributed by atoms with van der Waals surface area (Å²) in [5.74, 6) is 1.80. The van der Waals surface area contributed by atoms with E-state index in [-0.39, 0.29) is 11.3 Å². The predicted molar refractivity (Wildman–Crippen MR) is 73.1 cm³/mol. The molecule has 2 nitrogen and oxygen atoms in total. The zero-order valence-corrected chi connectivity index (χ0v) is 11.2. The smallest absolute Gasteiger partial charge is 0.150 e. The molecule has 1 fully saturated rings. The maximum Gasteiger partial charge on any atom is 0.150 e. The van der Waals surface area contributed by atoms with Gasteiger partial charge in [0.1, 0.15) is 5.69 Å². The molecule has 1 aromatic rings. The van der Waals surface area contributed by atoms with E-state index >= 15 is 0 Å². The Morgan fingerprint density at radius 2 is 2.06 bits per heavy atom. The van der Waals surface area contributed by atoms with Crippen molar-refractivity contribution in [2.24, 2.45) is 0 Å². The van der Waals surface area contributed by atoms with E-state index in [1.54, 1.807) is 6.07 Å². The van der Waals surface area contributed by atoms with Crippen molar-refractivity contribution in [2.45, 2.75) is 5.25 Å². The van der Waals surface area contributed by atoms with E-state index in [1.807, 2.05) is 23.5 Å². The molecule has 1 atom stereocenters. The summed E-state index contributed by atoms with van der Waals surface area (Å²) >= 11 is 3.68. The van der Waals surface area contributed by atoms with Crippen molar-refractivity contribution in [3.8, 4) is 6.07 Å². The third kappa shape index (κ3) is 3.30. The second-order valence-electron chi connectivity index (χ2n) is 3.88. The fourth-order valence-electron chi connectivity index (χ4n) is 1.68. The largest absolute Gasteiger partial charge is 0.379 e. The Bertz CT molecular complexity index is 445. The molecule has 2 rings (SSSR count). The van der Waals surface area contributed by atoms with Gasteiger partial charge in [0.05, 0.1) is 11.6 Å². The highest BCUT2D eigenvalue weighted by Crippen LogP contribution is 2.26. The van der Waals surface area contributed by atoms with Crippen molar-refractivity contribution in [1.82, 2.24) is 0 Å². The van der Waals surface area contributed by atoms with Gasteiger partial charge in [0.25, 0.3) is 0 Å². The monoisotopic (exact) mass is 286 g/mol. The summed E-state index contributed by atoms with van der Waals surface area (Å²) in [6.45, 7) is 0.539. The molecule has 96 valence electrons. The zero-order chi connectivity index (χ0) is 13.0. The average molecular weight is 286 g/mol. The van der Waals surface area contributed by atoms with Crippen LogP contribution in [0.2, 0.25) is 0 Å². The Morgan fingerprint density at radius 3 is 2.61 bits per heavy atom. The Labute approximate surface area is 113 Å². The van der Waals surface area contributed by atoms with Crippen LogP contribution in [0.4, 0.5) is 14.5 Å². The van der Waals surface area contributed by atoms with Crippen molar-refractivity contribution in [3.05, 3.63) is 29.3 Å².